The summed E-state index contributed by atoms with van der Waals surface area (Å²) in [5.74, 6) is -0.0749. The minimum Gasteiger partial charge on any atom is -0.487 e. The van der Waals surface area contributed by atoms with E-state index < -0.39 is 11.5 Å². The molecule has 0 radical (unpaired) electrons. The summed E-state index contributed by atoms with van der Waals surface area (Å²) in [5, 5.41) is 18.5. The number of aromatic nitrogens is 1. The lowest BCUT2D eigenvalue weighted by atomic mass is 9.64. The molecule has 2 heterocycles. The number of anilines is 1. The van der Waals surface area contributed by atoms with Crippen LogP contribution in [-0.4, -0.2) is 53.0 Å². The van der Waals surface area contributed by atoms with Gasteiger partial charge in [0.25, 0.3) is 0 Å². The number of halogens is 1. The first-order valence-electron chi connectivity index (χ1n) is 19.2. The number of benzene rings is 5. The second-order valence-corrected chi connectivity index (χ2v) is 14.9. The third-order valence-electron chi connectivity index (χ3n) is 10.8. The Balaban J connectivity index is 0.919. The number of carbonyl (C=O) groups excluding carboxylic acids is 2. The first kappa shape index (κ1) is 39.5. The number of fused-ring (bicyclic) bond motifs is 1. The molecule has 5 aromatic carbocycles. The highest BCUT2D eigenvalue weighted by Crippen LogP contribution is 2.43. The lowest BCUT2D eigenvalue weighted by molar-refractivity contribution is -0.124. The first-order valence-corrected chi connectivity index (χ1v) is 19.5. The zero-order chi connectivity index (χ0) is 39.8. The Morgan fingerprint density at radius 2 is 1.58 bits per heavy atom. The van der Waals surface area contributed by atoms with Crippen LogP contribution in [0.1, 0.15) is 46.8 Å². The quantitative estimate of drug-likeness (QED) is 0.0733. The molecule has 292 valence electrons. The number of H-pyrrole nitrogens is 1. The molecule has 0 spiro atoms. The van der Waals surface area contributed by atoms with Crippen molar-refractivity contribution in [3.05, 3.63) is 177 Å². The third-order valence-corrected chi connectivity index (χ3v) is 11.2. The van der Waals surface area contributed by atoms with E-state index in [-0.39, 0.29) is 36.3 Å². The number of nitrogens with two attached hydrogens (primary N) is 1. The van der Waals surface area contributed by atoms with Crippen LogP contribution in [0.5, 0.6) is 5.75 Å². The molecule has 10 nitrogen and oxygen atoms in total. The number of carbonyl (C=O) groups is 2. The molecule has 0 bridgehead atoms. The number of ether oxygens (including phenoxy) is 1. The summed E-state index contributed by atoms with van der Waals surface area (Å²) >= 11 is 6.62. The van der Waals surface area contributed by atoms with Crippen LogP contribution in [-0.2, 0) is 28.2 Å². The number of aromatic amines is 1. The smallest absolute Gasteiger partial charge is 0.248 e. The SMILES string of the molecule is NC(=O)C(c1ccccc1)(c1ccccc1)C1CCN(CCC(=O)Nc2ccc(CNCC(O)c3ccc(OCc4ccccc4)c4[nH]c(=O)ccc34)cc2Cl)C1. The van der Waals surface area contributed by atoms with Crippen molar-refractivity contribution in [2.24, 2.45) is 11.7 Å². The van der Waals surface area contributed by atoms with Gasteiger partial charge in [-0.1, -0.05) is 115 Å². The average Bonchev–Trinajstić information content (AvgIpc) is 3.70. The Hall–Kier alpha value is -5.78. The fourth-order valence-corrected chi connectivity index (χ4v) is 8.27. The van der Waals surface area contributed by atoms with E-state index >= 15 is 0 Å². The van der Waals surface area contributed by atoms with E-state index in [1.165, 1.54) is 6.07 Å². The Kier molecular flexibility index (Phi) is 12.5. The maximum Gasteiger partial charge on any atom is 0.248 e. The van der Waals surface area contributed by atoms with Crippen molar-refractivity contribution in [1.82, 2.24) is 15.2 Å². The summed E-state index contributed by atoms with van der Waals surface area (Å²) < 4.78 is 6.04. The van der Waals surface area contributed by atoms with E-state index in [0.717, 1.165) is 35.2 Å². The second-order valence-electron chi connectivity index (χ2n) is 14.5. The molecule has 0 saturated carbocycles. The molecule has 1 aliphatic rings. The van der Waals surface area contributed by atoms with Gasteiger partial charge in [0.05, 0.1) is 22.3 Å². The summed E-state index contributed by atoms with van der Waals surface area (Å²) in [6, 6.07) is 41.4. The van der Waals surface area contributed by atoms with Crippen LogP contribution in [0.4, 0.5) is 5.69 Å². The number of likely N-dealkylation sites (tertiary alicyclic amines) is 1. The van der Waals surface area contributed by atoms with Crippen LogP contribution < -0.4 is 26.7 Å². The van der Waals surface area contributed by atoms with Crippen LogP contribution in [0, 0.1) is 5.92 Å². The molecule has 1 aromatic heterocycles. The minimum absolute atomic E-state index is 0.0604. The topological polar surface area (TPSA) is 150 Å². The van der Waals surface area contributed by atoms with Crippen molar-refractivity contribution in [3.63, 3.8) is 0 Å². The van der Waals surface area contributed by atoms with Gasteiger partial charge in [-0.2, -0.15) is 0 Å². The van der Waals surface area contributed by atoms with E-state index in [1.54, 1.807) is 24.3 Å². The van der Waals surface area contributed by atoms with Crippen molar-refractivity contribution in [2.45, 2.75) is 37.5 Å². The van der Waals surface area contributed by atoms with Gasteiger partial charge in [0.1, 0.15) is 17.8 Å². The van der Waals surface area contributed by atoms with E-state index in [4.69, 9.17) is 22.1 Å². The molecule has 0 aliphatic carbocycles. The Morgan fingerprint density at radius 1 is 0.895 bits per heavy atom. The lowest BCUT2D eigenvalue weighted by Crippen LogP contribution is -2.49. The average molecular weight is 784 g/mol. The maximum absolute atomic E-state index is 13.4. The van der Waals surface area contributed by atoms with E-state index in [2.05, 4.69) is 20.5 Å². The van der Waals surface area contributed by atoms with E-state index in [0.29, 0.717) is 59.2 Å². The molecule has 7 rings (SSSR count). The highest BCUT2D eigenvalue weighted by atomic mass is 35.5. The van der Waals surface area contributed by atoms with Gasteiger partial charge in [-0.15, -0.1) is 0 Å². The largest absolute Gasteiger partial charge is 0.487 e. The summed E-state index contributed by atoms with van der Waals surface area (Å²) in [6.45, 7) is 2.90. The van der Waals surface area contributed by atoms with Crippen molar-refractivity contribution < 1.29 is 19.4 Å². The van der Waals surface area contributed by atoms with Gasteiger partial charge in [-0.25, -0.2) is 0 Å². The van der Waals surface area contributed by atoms with Crippen LogP contribution in [0.25, 0.3) is 10.9 Å². The van der Waals surface area contributed by atoms with Gasteiger partial charge < -0.3 is 36.1 Å². The van der Waals surface area contributed by atoms with Crippen LogP contribution in [0.3, 0.4) is 0 Å². The van der Waals surface area contributed by atoms with Gasteiger partial charge in [0.2, 0.25) is 17.4 Å². The van der Waals surface area contributed by atoms with E-state index in [1.807, 2.05) is 103 Å². The normalized spacial score (nSPS) is 15.0. The van der Waals surface area contributed by atoms with Crippen molar-refractivity contribution >= 4 is 40.0 Å². The van der Waals surface area contributed by atoms with Crippen LogP contribution in [0.15, 0.2) is 138 Å². The van der Waals surface area contributed by atoms with Crippen molar-refractivity contribution in [3.8, 4) is 5.75 Å². The van der Waals surface area contributed by atoms with Crippen LogP contribution >= 0.6 is 11.6 Å². The van der Waals surface area contributed by atoms with Crippen molar-refractivity contribution in [2.75, 3.05) is 31.5 Å². The second kappa shape index (κ2) is 18.0. The van der Waals surface area contributed by atoms with Gasteiger partial charge >= 0.3 is 0 Å². The zero-order valence-corrected chi connectivity index (χ0v) is 32.3. The third kappa shape index (κ3) is 8.95. The number of nitrogens with zero attached hydrogens (tertiary/aromatic N) is 1. The first-order chi connectivity index (χ1) is 27.7. The molecular formula is C46H46ClN5O5. The summed E-state index contributed by atoms with van der Waals surface area (Å²) in [5.41, 5.74) is 10.3. The molecule has 2 atom stereocenters. The molecule has 2 amide bonds. The van der Waals surface area contributed by atoms with Gasteiger partial charge in [-0.05, 0) is 71.0 Å². The number of pyridine rings is 1. The predicted molar refractivity (Wildman–Crippen MR) is 224 cm³/mol. The molecule has 57 heavy (non-hydrogen) atoms. The molecule has 6 aromatic rings. The summed E-state index contributed by atoms with van der Waals surface area (Å²) in [7, 11) is 0. The standard InChI is InChI=1S/C46H46ClN5O5/c47-38-26-32(27-49-28-40(53)36-17-20-41(44-37(36)18-21-42(54)51-44)57-30-31-10-4-1-5-11-31)16-19-39(38)50-43(55)23-25-52-24-22-35(29-52)46(45(48)56,33-12-6-2-7-13-33)34-14-8-3-9-15-34/h1-21,26,35,40,49,53H,22-25,27-30H2,(H2,48,56)(H,50,55)(H,51,54). The number of nitrogens with one attached hydrogen (secondary N) is 3. The highest BCUT2D eigenvalue weighted by Gasteiger charge is 2.49. The number of primary amides is 1. The van der Waals surface area contributed by atoms with Gasteiger partial charge in [0.15, 0.2) is 0 Å². The molecule has 11 heteroatoms. The fraction of sp³-hybridized carbons (Fsp3) is 0.239. The van der Waals surface area contributed by atoms with Crippen LogP contribution in [0.2, 0.25) is 5.02 Å². The minimum atomic E-state index is -0.985. The Bertz CT molecular complexity index is 2340. The van der Waals surface area contributed by atoms with Gasteiger partial charge in [-0.3, -0.25) is 14.4 Å². The number of rotatable bonds is 16. The fourth-order valence-electron chi connectivity index (χ4n) is 8.01. The monoisotopic (exact) mass is 783 g/mol. The highest BCUT2D eigenvalue weighted by molar-refractivity contribution is 6.33. The number of hydrogen-bond acceptors (Lipinski definition) is 7. The zero-order valence-electron chi connectivity index (χ0n) is 31.5. The Labute approximate surface area is 336 Å². The molecule has 1 saturated heterocycles. The number of hydrogen-bond donors (Lipinski definition) is 5. The summed E-state index contributed by atoms with van der Waals surface area (Å²) in [6.07, 6.45) is 0.152. The molecular weight excluding hydrogens is 738 g/mol. The summed E-state index contributed by atoms with van der Waals surface area (Å²) in [4.78, 5) is 43.8. The van der Waals surface area contributed by atoms with E-state index in [9.17, 15) is 19.5 Å². The number of aliphatic hydroxyl groups is 1. The molecule has 6 N–H and O–H groups in total. The molecule has 1 aliphatic heterocycles. The van der Waals surface area contributed by atoms with Crippen molar-refractivity contribution in [1.29, 1.82) is 0 Å². The Morgan fingerprint density at radius 3 is 2.25 bits per heavy atom. The molecule has 1 fully saturated rings. The maximum atomic E-state index is 13.4. The predicted octanol–water partition coefficient (Wildman–Crippen LogP) is 6.71. The number of amides is 2. The van der Waals surface area contributed by atoms with Gasteiger partial charge in [0, 0.05) is 44.1 Å². The molecule has 2 unspecified atom stereocenters. The lowest BCUT2D eigenvalue weighted by Gasteiger charge is -2.37. The number of aliphatic hydroxyl groups excluding tert-OH is 1.